The molecule has 1 atom stereocenters. The van der Waals surface area contributed by atoms with Crippen LogP contribution in [0.4, 0.5) is 5.69 Å². The molecule has 3 N–H and O–H groups in total. The Labute approximate surface area is 157 Å². The first-order valence-electron chi connectivity index (χ1n) is 8.51. The number of hydrogen-bond donors (Lipinski definition) is 2. The van der Waals surface area contributed by atoms with Gasteiger partial charge in [-0.3, -0.25) is 9.59 Å². The first-order chi connectivity index (χ1) is 12.9. The van der Waals surface area contributed by atoms with E-state index >= 15 is 0 Å². The fourth-order valence-electron chi connectivity index (χ4n) is 2.21. The number of anilines is 1. The third-order valence-corrected chi connectivity index (χ3v) is 3.80. The number of esters is 1. The molecule has 0 aliphatic rings. The summed E-state index contributed by atoms with van der Waals surface area (Å²) in [6, 6.07) is 13.4. The fraction of sp³-hybridized carbons (Fsp3) is 0.250. The molecule has 0 saturated carbocycles. The molecule has 0 saturated heterocycles. The Morgan fingerprint density at radius 3 is 2.22 bits per heavy atom. The summed E-state index contributed by atoms with van der Waals surface area (Å²) in [5.41, 5.74) is 7.11. The van der Waals surface area contributed by atoms with Crippen LogP contribution in [0.15, 0.2) is 48.5 Å². The van der Waals surface area contributed by atoms with E-state index in [1.165, 1.54) is 36.8 Å². The molecule has 7 nitrogen and oxygen atoms in total. The molecule has 2 aromatic carbocycles. The van der Waals surface area contributed by atoms with E-state index in [0.29, 0.717) is 17.0 Å². The average Bonchev–Trinajstić information content (AvgIpc) is 2.67. The van der Waals surface area contributed by atoms with Crippen LogP contribution < -0.4 is 15.8 Å². The zero-order chi connectivity index (χ0) is 19.8. The third-order valence-electron chi connectivity index (χ3n) is 3.80. The van der Waals surface area contributed by atoms with Gasteiger partial charge in [-0.2, -0.15) is 0 Å². The first kappa shape index (κ1) is 20.0. The molecule has 0 spiro atoms. The van der Waals surface area contributed by atoms with E-state index < -0.39 is 23.9 Å². The fourth-order valence-corrected chi connectivity index (χ4v) is 2.21. The minimum absolute atomic E-state index is 0.295. The first-order valence-corrected chi connectivity index (χ1v) is 8.51. The maximum Gasteiger partial charge on any atom is 0.344 e. The van der Waals surface area contributed by atoms with Gasteiger partial charge in [-0.15, -0.1) is 0 Å². The molecule has 0 fully saturated rings. The largest absolute Gasteiger partial charge is 0.482 e. The molecule has 0 heterocycles. The summed E-state index contributed by atoms with van der Waals surface area (Å²) in [4.78, 5) is 35.0. The number of rotatable bonds is 8. The number of carbonyl (C=O) groups is 3. The lowest BCUT2D eigenvalue weighted by Gasteiger charge is -2.14. The monoisotopic (exact) mass is 370 g/mol. The van der Waals surface area contributed by atoms with Crippen LogP contribution >= 0.6 is 0 Å². The van der Waals surface area contributed by atoms with E-state index in [1.807, 2.05) is 19.1 Å². The van der Waals surface area contributed by atoms with Crippen LogP contribution in [0.1, 0.15) is 29.8 Å². The number of nitrogens with two attached hydrogens (primary N) is 1. The van der Waals surface area contributed by atoms with E-state index in [2.05, 4.69) is 5.32 Å². The summed E-state index contributed by atoms with van der Waals surface area (Å²) in [7, 11) is 0. The molecule has 2 aromatic rings. The van der Waals surface area contributed by atoms with Gasteiger partial charge in [0.2, 0.25) is 5.91 Å². The van der Waals surface area contributed by atoms with Crippen molar-refractivity contribution in [1.29, 1.82) is 0 Å². The molecule has 27 heavy (non-hydrogen) atoms. The summed E-state index contributed by atoms with van der Waals surface area (Å²) in [6.07, 6.45) is -0.0837. The zero-order valence-corrected chi connectivity index (χ0v) is 15.2. The lowest BCUT2D eigenvalue weighted by molar-refractivity contribution is -0.155. The van der Waals surface area contributed by atoms with Gasteiger partial charge in [-0.1, -0.05) is 19.1 Å². The zero-order valence-electron chi connectivity index (χ0n) is 15.2. The minimum Gasteiger partial charge on any atom is -0.482 e. The highest BCUT2D eigenvalue weighted by molar-refractivity contribution is 5.96. The highest BCUT2D eigenvalue weighted by Gasteiger charge is 2.18. The van der Waals surface area contributed by atoms with Crippen LogP contribution in [0.3, 0.4) is 0 Å². The lowest BCUT2D eigenvalue weighted by Crippen LogP contribution is -2.31. The minimum atomic E-state index is -1.00. The number of carbonyl (C=O) groups excluding carboxylic acids is 3. The number of nitrogens with one attached hydrogen (secondary N) is 1. The Balaban J connectivity index is 1.80. The maximum atomic E-state index is 12.1. The summed E-state index contributed by atoms with van der Waals surface area (Å²) < 4.78 is 10.4. The van der Waals surface area contributed by atoms with Crippen LogP contribution in [0.2, 0.25) is 0 Å². The number of primary amides is 1. The molecule has 142 valence electrons. The van der Waals surface area contributed by atoms with E-state index in [-0.39, 0.29) is 6.61 Å². The van der Waals surface area contributed by atoms with Crippen molar-refractivity contribution in [3.8, 4) is 5.75 Å². The SMILES string of the molecule is CCc1ccc(OCC(=O)O[C@H](C)C(=O)Nc2ccc(C(N)=O)cc2)cc1. The quantitative estimate of drug-likeness (QED) is 0.693. The molecule has 2 rings (SSSR count). The van der Waals surface area contributed by atoms with Crippen LogP contribution in [0.25, 0.3) is 0 Å². The van der Waals surface area contributed by atoms with Crippen molar-refractivity contribution >= 4 is 23.5 Å². The van der Waals surface area contributed by atoms with Crippen molar-refractivity contribution < 1.29 is 23.9 Å². The molecule has 0 aliphatic heterocycles. The predicted octanol–water partition coefficient (Wildman–Crippen LogP) is 2.30. The number of amides is 2. The molecule has 7 heteroatoms. The van der Waals surface area contributed by atoms with Gasteiger partial charge in [-0.25, -0.2) is 4.79 Å². The Kier molecular flexibility index (Phi) is 6.93. The van der Waals surface area contributed by atoms with Crippen LogP contribution in [0, 0.1) is 0 Å². The van der Waals surface area contributed by atoms with Crippen LogP contribution in [0.5, 0.6) is 5.75 Å². The van der Waals surface area contributed by atoms with Gasteiger partial charge in [0, 0.05) is 11.3 Å². The second kappa shape index (κ2) is 9.38. The Hall–Kier alpha value is -3.35. The van der Waals surface area contributed by atoms with Gasteiger partial charge in [-0.05, 0) is 55.3 Å². The third kappa shape index (κ3) is 6.14. The van der Waals surface area contributed by atoms with Gasteiger partial charge in [0.1, 0.15) is 5.75 Å². The number of hydrogen-bond acceptors (Lipinski definition) is 5. The molecule has 0 radical (unpaired) electrons. The van der Waals surface area contributed by atoms with E-state index in [0.717, 1.165) is 6.42 Å². The Bertz CT molecular complexity index is 800. The van der Waals surface area contributed by atoms with Crippen molar-refractivity contribution in [3.63, 3.8) is 0 Å². The van der Waals surface area contributed by atoms with Gasteiger partial charge in [0.15, 0.2) is 12.7 Å². The maximum absolute atomic E-state index is 12.1. The lowest BCUT2D eigenvalue weighted by atomic mass is 10.2. The highest BCUT2D eigenvalue weighted by atomic mass is 16.6. The standard InChI is InChI=1S/C20H22N2O5/c1-3-14-4-10-17(11-5-14)26-12-18(23)27-13(2)20(25)22-16-8-6-15(7-9-16)19(21)24/h4-11,13H,3,12H2,1-2H3,(H2,21,24)(H,22,25)/t13-/m1/s1. The van der Waals surface area contributed by atoms with Gasteiger partial charge >= 0.3 is 5.97 Å². The van der Waals surface area contributed by atoms with Crippen molar-refractivity contribution in [1.82, 2.24) is 0 Å². The topological polar surface area (TPSA) is 108 Å². The van der Waals surface area contributed by atoms with E-state index in [9.17, 15) is 14.4 Å². The number of aryl methyl sites for hydroxylation is 1. The summed E-state index contributed by atoms with van der Waals surface area (Å²) in [6.45, 7) is 3.21. The van der Waals surface area contributed by atoms with Crippen molar-refractivity contribution in [2.75, 3.05) is 11.9 Å². The number of ether oxygens (including phenoxy) is 2. The second-order valence-electron chi connectivity index (χ2n) is 5.85. The van der Waals surface area contributed by atoms with Crippen molar-refractivity contribution in [2.45, 2.75) is 26.4 Å². The second-order valence-corrected chi connectivity index (χ2v) is 5.85. The molecule has 2 amide bonds. The average molecular weight is 370 g/mol. The van der Waals surface area contributed by atoms with E-state index in [1.54, 1.807) is 12.1 Å². The highest BCUT2D eigenvalue weighted by Crippen LogP contribution is 2.13. The van der Waals surface area contributed by atoms with E-state index in [4.69, 9.17) is 15.2 Å². The summed E-state index contributed by atoms with van der Waals surface area (Å²) in [5, 5.41) is 2.59. The molecule has 0 bridgehead atoms. The summed E-state index contributed by atoms with van der Waals surface area (Å²) >= 11 is 0. The molecule has 0 aromatic heterocycles. The molecule has 0 aliphatic carbocycles. The summed E-state index contributed by atoms with van der Waals surface area (Å²) in [5.74, 6) is -1.15. The molecule has 0 unspecified atom stereocenters. The Morgan fingerprint density at radius 1 is 1.04 bits per heavy atom. The molecular formula is C20H22N2O5. The predicted molar refractivity (Wildman–Crippen MR) is 100 cm³/mol. The Morgan fingerprint density at radius 2 is 1.67 bits per heavy atom. The van der Waals surface area contributed by atoms with Gasteiger partial charge < -0.3 is 20.5 Å². The van der Waals surface area contributed by atoms with Gasteiger partial charge in [0.25, 0.3) is 5.91 Å². The van der Waals surface area contributed by atoms with Crippen LogP contribution in [-0.4, -0.2) is 30.5 Å². The molecular weight excluding hydrogens is 348 g/mol. The van der Waals surface area contributed by atoms with Gasteiger partial charge in [0.05, 0.1) is 0 Å². The van der Waals surface area contributed by atoms with Crippen molar-refractivity contribution in [2.24, 2.45) is 5.73 Å². The van der Waals surface area contributed by atoms with Crippen LogP contribution in [-0.2, 0) is 20.7 Å². The number of benzene rings is 2. The smallest absolute Gasteiger partial charge is 0.344 e. The van der Waals surface area contributed by atoms with Crippen molar-refractivity contribution in [3.05, 3.63) is 59.7 Å². The normalized spacial score (nSPS) is 11.3.